The molecule has 0 saturated heterocycles. The minimum atomic E-state index is -4.99. The number of benzene rings is 1. The molecular formula is C15H11F6NaO4. The molecule has 1 aliphatic carbocycles. The predicted molar refractivity (Wildman–Crippen MR) is 67.8 cm³/mol. The van der Waals surface area contributed by atoms with E-state index in [4.69, 9.17) is 4.74 Å². The number of hydrogen-bond donors (Lipinski definition) is 0. The molecule has 1 aliphatic heterocycles. The zero-order chi connectivity index (χ0) is 18.8. The number of alkyl halides is 6. The number of hydrogen-bond acceptors (Lipinski definition) is 4. The Morgan fingerprint density at radius 1 is 1.31 bits per heavy atom. The van der Waals surface area contributed by atoms with Gasteiger partial charge in [-0.2, -0.15) is 13.2 Å². The van der Waals surface area contributed by atoms with Crippen molar-refractivity contribution in [2.24, 2.45) is 5.41 Å². The molecule has 3 unspecified atom stereocenters. The van der Waals surface area contributed by atoms with E-state index in [1.165, 1.54) is 6.92 Å². The molecular weight excluding hydrogens is 381 g/mol. The van der Waals surface area contributed by atoms with Crippen LogP contribution in [-0.2, 0) is 11.2 Å². The topological polar surface area (TPSA) is 58.6 Å². The fraction of sp³-hybridized carbons (Fsp3) is 0.533. The van der Waals surface area contributed by atoms with Crippen LogP contribution in [0.2, 0.25) is 0 Å². The Bertz CT molecular complexity index is 732. The number of fused-ring (bicyclic) bond motifs is 3. The Morgan fingerprint density at radius 3 is 2.38 bits per heavy atom. The van der Waals surface area contributed by atoms with Gasteiger partial charge in [0.05, 0.1) is 11.4 Å². The Morgan fingerprint density at radius 2 is 1.92 bits per heavy atom. The third-order valence-electron chi connectivity index (χ3n) is 4.54. The molecule has 1 fully saturated rings. The number of aryl methyl sites for hydroxylation is 1. The number of aliphatic carboxylic acids is 1. The number of carboxylic acids is 1. The Balaban J connectivity index is 0.00000243. The summed E-state index contributed by atoms with van der Waals surface area (Å²) in [5, 5.41) is 11.4. The number of carboxylic acid groups (broad SMARTS) is 1. The molecule has 0 radical (unpaired) electrons. The number of rotatable bonds is 3. The molecule has 11 heteroatoms. The van der Waals surface area contributed by atoms with Crippen LogP contribution in [0.5, 0.6) is 11.5 Å². The summed E-state index contributed by atoms with van der Waals surface area (Å²) in [6.45, 7) is 1.52. The first-order valence-corrected chi connectivity index (χ1v) is 7.27. The molecule has 0 aromatic heterocycles. The van der Waals surface area contributed by atoms with Crippen molar-refractivity contribution in [2.75, 3.05) is 0 Å². The van der Waals surface area contributed by atoms with Gasteiger partial charge >= 0.3 is 42.1 Å². The van der Waals surface area contributed by atoms with E-state index in [-0.39, 0.29) is 52.9 Å². The van der Waals surface area contributed by atoms with E-state index in [1.807, 2.05) is 0 Å². The summed E-state index contributed by atoms with van der Waals surface area (Å²) in [6.07, 6.45) is -12.9. The van der Waals surface area contributed by atoms with Crippen LogP contribution < -0.4 is 44.1 Å². The van der Waals surface area contributed by atoms with Crippen LogP contribution in [0.3, 0.4) is 0 Å². The molecule has 3 rings (SSSR count). The smallest absolute Gasteiger partial charge is 0.549 e. The van der Waals surface area contributed by atoms with Crippen LogP contribution in [0, 0.1) is 5.41 Å². The first-order chi connectivity index (χ1) is 11.4. The predicted octanol–water partition coefficient (Wildman–Crippen LogP) is -0.302. The summed E-state index contributed by atoms with van der Waals surface area (Å²) in [6, 6.07) is 1.82. The average molecular weight is 392 g/mol. The Kier molecular flexibility index (Phi) is 5.28. The Hall–Kier alpha value is -1.13. The fourth-order valence-electron chi connectivity index (χ4n) is 3.41. The van der Waals surface area contributed by atoms with Crippen LogP contribution in [0.4, 0.5) is 26.3 Å². The SMILES string of the molecule is CCc1cc(OC(F)(F)F)cc2c1OC(C(F)(F)F)C1(C(=O)[O-])CC21.[Na+]. The van der Waals surface area contributed by atoms with E-state index >= 15 is 0 Å². The van der Waals surface area contributed by atoms with Crippen molar-refractivity contribution in [2.45, 2.75) is 44.3 Å². The van der Waals surface area contributed by atoms with Crippen LogP contribution in [0.1, 0.15) is 30.4 Å². The van der Waals surface area contributed by atoms with Crippen LogP contribution in [-0.4, -0.2) is 24.6 Å². The van der Waals surface area contributed by atoms with Crippen molar-refractivity contribution in [3.63, 3.8) is 0 Å². The monoisotopic (exact) mass is 392 g/mol. The van der Waals surface area contributed by atoms with Gasteiger partial charge in [-0.05, 0) is 30.5 Å². The van der Waals surface area contributed by atoms with Gasteiger partial charge in [0, 0.05) is 11.5 Å². The second-order valence-corrected chi connectivity index (χ2v) is 6.03. The van der Waals surface area contributed by atoms with Gasteiger partial charge in [0.25, 0.3) is 0 Å². The molecule has 1 heterocycles. The van der Waals surface area contributed by atoms with Crippen molar-refractivity contribution in [1.29, 1.82) is 0 Å². The molecule has 1 aromatic rings. The quantitative estimate of drug-likeness (QED) is 0.524. The minimum Gasteiger partial charge on any atom is -0.549 e. The molecule has 2 aliphatic rings. The molecule has 0 spiro atoms. The van der Waals surface area contributed by atoms with Gasteiger partial charge in [-0.25, -0.2) is 0 Å². The van der Waals surface area contributed by atoms with E-state index in [1.54, 1.807) is 0 Å². The maximum atomic E-state index is 13.3. The second-order valence-electron chi connectivity index (χ2n) is 6.03. The van der Waals surface area contributed by atoms with Crippen LogP contribution >= 0.6 is 0 Å². The number of carbonyl (C=O) groups excluding carboxylic acids is 1. The third kappa shape index (κ3) is 3.38. The summed E-state index contributed by atoms with van der Waals surface area (Å²) in [4.78, 5) is 11.4. The number of carbonyl (C=O) groups is 1. The summed E-state index contributed by atoms with van der Waals surface area (Å²) >= 11 is 0. The second kappa shape index (κ2) is 6.49. The first kappa shape index (κ1) is 21.2. The van der Waals surface area contributed by atoms with Crippen LogP contribution in [0.15, 0.2) is 12.1 Å². The van der Waals surface area contributed by atoms with Crippen molar-refractivity contribution in [3.05, 3.63) is 23.3 Å². The summed E-state index contributed by atoms with van der Waals surface area (Å²) in [5.41, 5.74) is -2.29. The van der Waals surface area contributed by atoms with Crippen molar-refractivity contribution in [1.82, 2.24) is 0 Å². The van der Waals surface area contributed by atoms with Crippen molar-refractivity contribution < 1.29 is 75.3 Å². The normalized spacial score (nSPS) is 26.7. The summed E-state index contributed by atoms with van der Waals surface area (Å²) < 4.78 is 85.9. The van der Waals surface area contributed by atoms with E-state index in [9.17, 15) is 36.2 Å². The Labute approximate surface area is 165 Å². The number of halogens is 6. The van der Waals surface area contributed by atoms with Gasteiger partial charge in [0.1, 0.15) is 11.5 Å². The standard InChI is InChI=1S/C15H12F6O4.Na/c1-2-6-3-7(25-15(19,20)21)4-8-9-5-13(9,12(22)23)11(14(16,17)18)24-10(6)8;/h3-4,9,11H,2,5H2,1H3,(H,22,23);/q;+1/p-1. The fourth-order valence-corrected chi connectivity index (χ4v) is 3.41. The average Bonchev–Trinajstić information content (AvgIpc) is 3.20. The van der Waals surface area contributed by atoms with E-state index in [0.717, 1.165) is 12.1 Å². The minimum absolute atomic E-state index is 0. The van der Waals surface area contributed by atoms with Crippen molar-refractivity contribution >= 4 is 5.97 Å². The molecule has 4 nitrogen and oxygen atoms in total. The molecule has 0 N–H and O–H groups in total. The zero-order valence-electron chi connectivity index (χ0n) is 13.6. The number of ether oxygens (including phenoxy) is 2. The van der Waals surface area contributed by atoms with Crippen molar-refractivity contribution in [3.8, 4) is 11.5 Å². The molecule has 138 valence electrons. The van der Waals surface area contributed by atoms with E-state index in [0.29, 0.717) is 0 Å². The largest absolute Gasteiger partial charge is 1.00 e. The van der Waals surface area contributed by atoms with Gasteiger partial charge in [-0.15, -0.1) is 13.2 Å². The van der Waals surface area contributed by atoms with Gasteiger partial charge in [-0.1, -0.05) is 6.92 Å². The van der Waals surface area contributed by atoms with Crippen LogP contribution in [0.25, 0.3) is 0 Å². The van der Waals surface area contributed by atoms with Gasteiger partial charge in [0.2, 0.25) is 6.10 Å². The first-order valence-electron chi connectivity index (χ1n) is 7.27. The van der Waals surface area contributed by atoms with Gasteiger partial charge < -0.3 is 19.4 Å². The molecule has 1 saturated carbocycles. The van der Waals surface area contributed by atoms with Gasteiger partial charge in [-0.3, -0.25) is 0 Å². The maximum absolute atomic E-state index is 13.3. The maximum Gasteiger partial charge on any atom is 1.00 e. The molecule has 1 aromatic carbocycles. The molecule has 3 atom stereocenters. The summed E-state index contributed by atoms with van der Waals surface area (Å²) in [5.74, 6) is -3.95. The molecule has 0 amide bonds. The zero-order valence-corrected chi connectivity index (χ0v) is 15.6. The van der Waals surface area contributed by atoms with Gasteiger partial charge in [0.15, 0.2) is 0 Å². The van der Waals surface area contributed by atoms with E-state index < -0.39 is 48.1 Å². The summed E-state index contributed by atoms with van der Waals surface area (Å²) in [7, 11) is 0. The molecule has 0 bridgehead atoms. The van der Waals surface area contributed by atoms with E-state index in [2.05, 4.69) is 4.74 Å². The third-order valence-corrected chi connectivity index (χ3v) is 4.54. The molecule has 26 heavy (non-hydrogen) atoms.